The predicted octanol–water partition coefficient (Wildman–Crippen LogP) is 3.56. The lowest BCUT2D eigenvalue weighted by molar-refractivity contribution is 0.174. The monoisotopic (exact) mass is 223 g/mol. The summed E-state index contributed by atoms with van der Waals surface area (Å²) in [5.74, 6) is -1.43. The molecule has 2 bridgehead atoms. The number of fused-ring (bicyclic) bond motifs is 5. The summed E-state index contributed by atoms with van der Waals surface area (Å²) in [5, 5.41) is 0. The Morgan fingerprint density at radius 3 is 1.88 bits per heavy atom. The predicted molar refractivity (Wildman–Crippen MR) is 58.0 cm³/mol. The summed E-state index contributed by atoms with van der Waals surface area (Å²) >= 11 is 0. The second-order valence-electron chi connectivity index (χ2n) is 5.05. The largest absolute Gasteiger partial charge is 0.287 e. The molecule has 2 atom stereocenters. The van der Waals surface area contributed by atoms with Crippen molar-refractivity contribution in [3.05, 3.63) is 34.9 Å². The van der Waals surface area contributed by atoms with Crippen LogP contribution in [0.1, 0.15) is 49.9 Å². The van der Waals surface area contributed by atoms with Gasteiger partial charge < -0.3 is 0 Å². The van der Waals surface area contributed by atoms with Gasteiger partial charge in [0.25, 0.3) is 0 Å². The van der Waals surface area contributed by atoms with Crippen molar-refractivity contribution in [3.63, 3.8) is 0 Å². The number of hydrogen-bond donors (Lipinski definition) is 0. The van der Waals surface area contributed by atoms with E-state index >= 15 is 0 Å². The summed E-state index contributed by atoms with van der Waals surface area (Å²) in [6.07, 6.45) is 2.14. The lowest BCUT2D eigenvalue weighted by Crippen LogP contribution is -2.27. The molecule has 86 valence electrons. The topological polar surface area (TPSA) is 3.24 Å². The number of hydrogen-bond acceptors (Lipinski definition) is 1. The van der Waals surface area contributed by atoms with Gasteiger partial charge in [0.1, 0.15) is 0 Å². The minimum atomic E-state index is -0.713. The highest BCUT2D eigenvalue weighted by molar-refractivity contribution is 5.41. The normalized spacial score (nSPS) is 27.8. The van der Waals surface area contributed by atoms with E-state index < -0.39 is 11.6 Å². The summed E-state index contributed by atoms with van der Waals surface area (Å²) < 4.78 is 26.5. The molecule has 0 N–H and O–H groups in total. The van der Waals surface area contributed by atoms with Gasteiger partial charge in [-0.3, -0.25) is 4.90 Å². The molecule has 0 amide bonds. The summed E-state index contributed by atoms with van der Waals surface area (Å²) in [7, 11) is 0. The molecule has 2 aliphatic rings. The van der Waals surface area contributed by atoms with E-state index in [0.29, 0.717) is 18.1 Å². The minimum Gasteiger partial charge on any atom is -0.287 e. The van der Waals surface area contributed by atoms with E-state index in [2.05, 4.69) is 18.7 Å². The Hall–Kier alpha value is -0.960. The molecule has 1 nitrogen and oxygen atoms in total. The van der Waals surface area contributed by atoms with Crippen LogP contribution in [-0.4, -0.2) is 10.9 Å². The van der Waals surface area contributed by atoms with Crippen LogP contribution >= 0.6 is 0 Å². The van der Waals surface area contributed by atoms with Crippen LogP contribution in [-0.2, 0) is 0 Å². The third-order valence-electron chi connectivity index (χ3n) is 3.87. The Morgan fingerprint density at radius 2 is 1.50 bits per heavy atom. The highest BCUT2D eigenvalue weighted by atomic mass is 19.2. The second kappa shape index (κ2) is 3.27. The highest BCUT2D eigenvalue weighted by Crippen LogP contribution is 2.54. The molecule has 0 radical (unpaired) electrons. The second-order valence-corrected chi connectivity index (χ2v) is 5.05. The molecule has 2 aliphatic heterocycles. The van der Waals surface area contributed by atoms with E-state index in [1.807, 2.05) is 0 Å². The number of halogens is 2. The van der Waals surface area contributed by atoms with Gasteiger partial charge in [-0.25, -0.2) is 8.78 Å². The van der Waals surface area contributed by atoms with Crippen molar-refractivity contribution in [1.82, 2.24) is 4.90 Å². The van der Waals surface area contributed by atoms with Crippen molar-refractivity contribution >= 4 is 0 Å². The lowest BCUT2D eigenvalue weighted by Gasteiger charge is -2.26. The van der Waals surface area contributed by atoms with Crippen LogP contribution in [0.4, 0.5) is 8.78 Å². The van der Waals surface area contributed by atoms with E-state index in [-0.39, 0.29) is 0 Å². The van der Waals surface area contributed by atoms with Crippen molar-refractivity contribution in [1.29, 1.82) is 0 Å². The molecule has 0 aromatic heterocycles. The van der Waals surface area contributed by atoms with Gasteiger partial charge in [0.05, 0.1) is 0 Å². The zero-order valence-corrected chi connectivity index (χ0v) is 9.50. The first-order valence-electron chi connectivity index (χ1n) is 5.86. The molecule has 3 heteroatoms. The van der Waals surface area contributed by atoms with Crippen LogP contribution in [0.15, 0.2) is 12.1 Å². The lowest BCUT2D eigenvalue weighted by atomic mass is 9.92. The van der Waals surface area contributed by atoms with Gasteiger partial charge in [0.15, 0.2) is 11.6 Å². The first kappa shape index (κ1) is 10.2. The van der Waals surface area contributed by atoms with Crippen LogP contribution in [0.2, 0.25) is 0 Å². The molecule has 1 saturated heterocycles. The fourth-order valence-electron chi connectivity index (χ4n) is 3.34. The number of nitrogens with zero attached hydrogens (tertiary/aromatic N) is 1. The van der Waals surface area contributed by atoms with Crippen molar-refractivity contribution in [3.8, 4) is 0 Å². The summed E-state index contributed by atoms with van der Waals surface area (Å²) in [5.41, 5.74) is 2.01. The maximum absolute atomic E-state index is 13.2. The van der Waals surface area contributed by atoms with E-state index in [1.165, 1.54) is 12.1 Å². The van der Waals surface area contributed by atoms with Gasteiger partial charge in [-0.1, -0.05) is 0 Å². The van der Waals surface area contributed by atoms with Gasteiger partial charge >= 0.3 is 0 Å². The fraction of sp³-hybridized carbons (Fsp3) is 0.538. The molecule has 3 rings (SSSR count). The molecule has 0 saturated carbocycles. The first-order chi connectivity index (χ1) is 7.59. The van der Waals surface area contributed by atoms with E-state index in [9.17, 15) is 8.78 Å². The maximum atomic E-state index is 13.2. The van der Waals surface area contributed by atoms with Gasteiger partial charge in [-0.2, -0.15) is 0 Å². The SMILES string of the molecule is CC(C)N1C2CCC1c1cc(F)c(F)cc12. The molecule has 2 unspecified atom stereocenters. The highest BCUT2D eigenvalue weighted by Gasteiger charge is 2.45. The number of benzene rings is 1. The molecule has 2 heterocycles. The van der Waals surface area contributed by atoms with E-state index in [1.54, 1.807) is 0 Å². The van der Waals surface area contributed by atoms with Crippen molar-refractivity contribution < 1.29 is 8.78 Å². The van der Waals surface area contributed by atoms with Gasteiger partial charge in [0, 0.05) is 18.1 Å². The molecule has 0 aliphatic carbocycles. The molecular weight excluding hydrogens is 208 g/mol. The van der Waals surface area contributed by atoms with Crippen LogP contribution in [0.25, 0.3) is 0 Å². The first-order valence-corrected chi connectivity index (χ1v) is 5.86. The summed E-state index contributed by atoms with van der Waals surface area (Å²) in [6.45, 7) is 4.29. The minimum absolute atomic E-state index is 0.301. The molecule has 16 heavy (non-hydrogen) atoms. The van der Waals surface area contributed by atoms with Gasteiger partial charge in [0.2, 0.25) is 0 Å². The number of rotatable bonds is 1. The molecule has 1 fully saturated rings. The van der Waals surface area contributed by atoms with Crippen LogP contribution in [0, 0.1) is 11.6 Å². The average molecular weight is 223 g/mol. The maximum Gasteiger partial charge on any atom is 0.159 e. The smallest absolute Gasteiger partial charge is 0.159 e. The molecule has 0 spiro atoms. The van der Waals surface area contributed by atoms with E-state index in [0.717, 1.165) is 24.0 Å². The van der Waals surface area contributed by atoms with E-state index in [4.69, 9.17) is 0 Å². The van der Waals surface area contributed by atoms with Gasteiger partial charge in [-0.15, -0.1) is 0 Å². The molecule has 1 aromatic rings. The van der Waals surface area contributed by atoms with Crippen LogP contribution in [0.3, 0.4) is 0 Å². The van der Waals surface area contributed by atoms with Crippen LogP contribution < -0.4 is 0 Å². The summed E-state index contributed by atoms with van der Waals surface area (Å²) in [6, 6.07) is 3.81. The molecule has 1 aromatic carbocycles. The summed E-state index contributed by atoms with van der Waals surface area (Å²) in [4.78, 5) is 2.38. The average Bonchev–Trinajstić information content (AvgIpc) is 2.75. The third-order valence-corrected chi connectivity index (χ3v) is 3.87. The Balaban J connectivity index is 2.12. The van der Waals surface area contributed by atoms with Crippen molar-refractivity contribution in [2.75, 3.05) is 0 Å². The quantitative estimate of drug-likeness (QED) is 0.703. The zero-order valence-electron chi connectivity index (χ0n) is 9.50. The van der Waals surface area contributed by atoms with Crippen molar-refractivity contribution in [2.45, 2.75) is 44.8 Å². The third kappa shape index (κ3) is 1.18. The van der Waals surface area contributed by atoms with Gasteiger partial charge in [-0.05, 0) is 49.9 Å². The Morgan fingerprint density at radius 1 is 1.06 bits per heavy atom. The Kier molecular flexibility index (Phi) is 2.08. The standard InChI is InChI=1S/C13H15F2N/c1-7(2)16-12-3-4-13(16)9-6-11(15)10(14)5-8(9)12/h5-7,12-13H,3-4H2,1-2H3. The molecular formula is C13H15F2N. The Bertz CT molecular complexity index is 405. The van der Waals surface area contributed by atoms with Crippen LogP contribution in [0.5, 0.6) is 0 Å². The Labute approximate surface area is 94.1 Å². The fourth-order valence-corrected chi connectivity index (χ4v) is 3.34. The zero-order chi connectivity index (χ0) is 11.4. The van der Waals surface area contributed by atoms with Crippen molar-refractivity contribution in [2.24, 2.45) is 0 Å².